The molecule has 0 atom stereocenters. The van der Waals surface area contributed by atoms with Gasteiger partial charge >= 0.3 is 0 Å². The fourth-order valence-corrected chi connectivity index (χ4v) is 1.97. The molecule has 3 nitrogen and oxygen atoms in total. The van der Waals surface area contributed by atoms with Crippen LogP contribution in [0.2, 0.25) is 0 Å². The van der Waals surface area contributed by atoms with Gasteiger partial charge in [-0.25, -0.2) is 0 Å². The van der Waals surface area contributed by atoms with Crippen molar-refractivity contribution in [3.8, 4) is 5.75 Å². The summed E-state index contributed by atoms with van der Waals surface area (Å²) in [6, 6.07) is 14.2. The second kappa shape index (κ2) is 6.14. The highest BCUT2D eigenvalue weighted by Crippen LogP contribution is 2.21. The second-order valence-electron chi connectivity index (χ2n) is 4.56. The third kappa shape index (κ3) is 3.41. The SMILES string of the molecule is COc1ccc(CCNc2cccc(C)c2N)cc1. The average molecular weight is 256 g/mol. The van der Waals surface area contributed by atoms with Crippen molar-refractivity contribution in [3.05, 3.63) is 53.6 Å². The highest BCUT2D eigenvalue weighted by Gasteiger charge is 2.00. The Hall–Kier alpha value is -2.16. The summed E-state index contributed by atoms with van der Waals surface area (Å²) in [5.41, 5.74) is 10.2. The molecule has 2 aromatic carbocycles. The minimum atomic E-state index is 0.831. The molecule has 0 unspecified atom stereocenters. The molecule has 3 N–H and O–H groups in total. The lowest BCUT2D eigenvalue weighted by Gasteiger charge is -2.11. The van der Waals surface area contributed by atoms with Gasteiger partial charge in [0.2, 0.25) is 0 Å². The summed E-state index contributed by atoms with van der Waals surface area (Å²) in [7, 11) is 1.68. The van der Waals surface area contributed by atoms with Crippen LogP contribution in [0.5, 0.6) is 5.75 Å². The first kappa shape index (κ1) is 13.3. The third-order valence-electron chi connectivity index (χ3n) is 3.21. The van der Waals surface area contributed by atoms with Crippen molar-refractivity contribution >= 4 is 11.4 Å². The number of benzene rings is 2. The zero-order valence-corrected chi connectivity index (χ0v) is 11.4. The van der Waals surface area contributed by atoms with Crippen molar-refractivity contribution in [3.63, 3.8) is 0 Å². The van der Waals surface area contributed by atoms with E-state index in [1.807, 2.05) is 37.3 Å². The lowest BCUT2D eigenvalue weighted by atomic mass is 10.1. The summed E-state index contributed by atoms with van der Waals surface area (Å²) < 4.78 is 5.14. The first-order chi connectivity index (χ1) is 9.20. The Bertz CT molecular complexity index is 535. The smallest absolute Gasteiger partial charge is 0.118 e. The van der Waals surface area contributed by atoms with Crippen LogP contribution in [0, 0.1) is 6.92 Å². The van der Waals surface area contributed by atoms with E-state index in [1.54, 1.807) is 7.11 Å². The molecule has 0 saturated carbocycles. The molecule has 0 heterocycles. The van der Waals surface area contributed by atoms with Gasteiger partial charge in [0.1, 0.15) is 5.75 Å². The van der Waals surface area contributed by atoms with E-state index in [2.05, 4.69) is 17.4 Å². The number of hydrogen-bond donors (Lipinski definition) is 2. The highest BCUT2D eigenvalue weighted by atomic mass is 16.5. The molecule has 0 saturated heterocycles. The summed E-state index contributed by atoms with van der Waals surface area (Å²) in [4.78, 5) is 0. The first-order valence-electron chi connectivity index (χ1n) is 6.42. The topological polar surface area (TPSA) is 47.3 Å². The molecule has 2 rings (SSSR count). The Kier molecular flexibility index (Phi) is 4.29. The molecule has 0 spiro atoms. The van der Waals surface area contributed by atoms with Crippen molar-refractivity contribution < 1.29 is 4.74 Å². The van der Waals surface area contributed by atoms with E-state index in [4.69, 9.17) is 10.5 Å². The van der Waals surface area contributed by atoms with Gasteiger partial charge in [-0.3, -0.25) is 0 Å². The van der Waals surface area contributed by atoms with Gasteiger partial charge in [0.05, 0.1) is 18.5 Å². The molecule has 100 valence electrons. The number of nitrogens with two attached hydrogens (primary N) is 1. The van der Waals surface area contributed by atoms with E-state index in [0.29, 0.717) is 0 Å². The average Bonchev–Trinajstić information content (AvgIpc) is 2.44. The van der Waals surface area contributed by atoms with Crippen LogP contribution in [-0.4, -0.2) is 13.7 Å². The predicted molar refractivity (Wildman–Crippen MR) is 80.8 cm³/mol. The van der Waals surface area contributed by atoms with Crippen molar-refractivity contribution in [1.82, 2.24) is 0 Å². The van der Waals surface area contributed by atoms with E-state index in [1.165, 1.54) is 5.56 Å². The lowest BCUT2D eigenvalue weighted by molar-refractivity contribution is 0.414. The van der Waals surface area contributed by atoms with Gasteiger partial charge in [-0.05, 0) is 42.7 Å². The zero-order valence-electron chi connectivity index (χ0n) is 11.4. The number of nitrogens with one attached hydrogen (secondary N) is 1. The second-order valence-corrected chi connectivity index (χ2v) is 4.56. The quantitative estimate of drug-likeness (QED) is 0.807. The first-order valence-corrected chi connectivity index (χ1v) is 6.42. The number of rotatable bonds is 5. The van der Waals surface area contributed by atoms with E-state index < -0.39 is 0 Å². The molecule has 0 fully saturated rings. The number of nitrogen functional groups attached to an aromatic ring is 1. The number of hydrogen-bond acceptors (Lipinski definition) is 3. The number of aryl methyl sites for hydroxylation is 1. The summed E-state index contributed by atoms with van der Waals surface area (Å²) in [5.74, 6) is 0.889. The summed E-state index contributed by atoms with van der Waals surface area (Å²) in [5, 5.41) is 3.37. The molecule has 2 aromatic rings. The van der Waals surface area contributed by atoms with Crippen LogP contribution in [0.1, 0.15) is 11.1 Å². The van der Waals surface area contributed by atoms with Crippen LogP contribution >= 0.6 is 0 Å². The predicted octanol–water partition coefficient (Wildman–Crippen LogP) is 3.24. The van der Waals surface area contributed by atoms with Crippen LogP contribution < -0.4 is 15.8 Å². The molecule has 0 aliphatic rings. The van der Waals surface area contributed by atoms with E-state index in [9.17, 15) is 0 Å². The number of anilines is 2. The Morgan fingerprint density at radius 2 is 1.84 bits per heavy atom. The Balaban J connectivity index is 1.90. The molecule has 0 aromatic heterocycles. The monoisotopic (exact) mass is 256 g/mol. The highest BCUT2D eigenvalue weighted by molar-refractivity contribution is 5.69. The van der Waals surface area contributed by atoms with Crippen LogP contribution in [0.3, 0.4) is 0 Å². The fraction of sp³-hybridized carbons (Fsp3) is 0.250. The van der Waals surface area contributed by atoms with Crippen molar-refractivity contribution in [1.29, 1.82) is 0 Å². The molecule has 0 radical (unpaired) electrons. The maximum absolute atomic E-state index is 6.02. The minimum absolute atomic E-state index is 0.831. The minimum Gasteiger partial charge on any atom is -0.497 e. The van der Waals surface area contributed by atoms with Gasteiger partial charge in [-0.15, -0.1) is 0 Å². The van der Waals surface area contributed by atoms with E-state index >= 15 is 0 Å². The van der Waals surface area contributed by atoms with Crippen molar-refractivity contribution in [2.75, 3.05) is 24.7 Å². The number of methoxy groups -OCH3 is 1. The lowest BCUT2D eigenvalue weighted by Crippen LogP contribution is -2.07. The molecule has 0 amide bonds. The van der Waals surface area contributed by atoms with Gasteiger partial charge in [0.25, 0.3) is 0 Å². The molecule has 0 aliphatic heterocycles. The summed E-state index contributed by atoms with van der Waals surface area (Å²) in [6.07, 6.45) is 0.956. The van der Waals surface area contributed by atoms with Gasteiger partial charge in [0, 0.05) is 6.54 Å². The van der Waals surface area contributed by atoms with Crippen LogP contribution in [-0.2, 0) is 6.42 Å². The number of para-hydroxylation sites is 1. The Morgan fingerprint density at radius 1 is 1.11 bits per heavy atom. The zero-order chi connectivity index (χ0) is 13.7. The third-order valence-corrected chi connectivity index (χ3v) is 3.21. The maximum atomic E-state index is 6.02. The summed E-state index contributed by atoms with van der Waals surface area (Å²) >= 11 is 0. The van der Waals surface area contributed by atoms with Crippen LogP contribution in [0.15, 0.2) is 42.5 Å². The van der Waals surface area contributed by atoms with Gasteiger partial charge < -0.3 is 15.8 Å². The molecule has 19 heavy (non-hydrogen) atoms. The molecular weight excluding hydrogens is 236 g/mol. The van der Waals surface area contributed by atoms with Gasteiger partial charge in [-0.2, -0.15) is 0 Å². The largest absolute Gasteiger partial charge is 0.497 e. The van der Waals surface area contributed by atoms with E-state index in [0.717, 1.165) is 35.7 Å². The number of ether oxygens (including phenoxy) is 1. The van der Waals surface area contributed by atoms with Gasteiger partial charge in [0.15, 0.2) is 0 Å². The standard InChI is InChI=1S/C16H20N2O/c1-12-4-3-5-15(16(12)17)18-11-10-13-6-8-14(19-2)9-7-13/h3-9,18H,10-11,17H2,1-2H3. The Morgan fingerprint density at radius 3 is 2.53 bits per heavy atom. The van der Waals surface area contributed by atoms with Crippen molar-refractivity contribution in [2.24, 2.45) is 0 Å². The van der Waals surface area contributed by atoms with Crippen LogP contribution in [0.25, 0.3) is 0 Å². The fourth-order valence-electron chi connectivity index (χ4n) is 1.97. The molecule has 0 aliphatic carbocycles. The van der Waals surface area contributed by atoms with Gasteiger partial charge in [-0.1, -0.05) is 24.3 Å². The molecular formula is C16H20N2O. The molecule has 3 heteroatoms. The van der Waals surface area contributed by atoms with E-state index in [-0.39, 0.29) is 0 Å². The molecule has 0 bridgehead atoms. The normalized spacial score (nSPS) is 10.2. The maximum Gasteiger partial charge on any atom is 0.118 e. The van der Waals surface area contributed by atoms with Crippen molar-refractivity contribution in [2.45, 2.75) is 13.3 Å². The summed E-state index contributed by atoms with van der Waals surface area (Å²) in [6.45, 7) is 2.88. The Labute approximate surface area is 114 Å². The van der Waals surface area contributed by atoms with Crippen LogP contribution in [0.4, 0.5) is 11.4 Å².